The summed E-state index contributed by atoms with van der Waals surface area (Å²) in [6.07, 6.45) is 0.690. The quantitative estimate of drug-likeness (QED) is 0.774. The fourth-order valence-electron chi connectivity index (χ4n) is 2.89. The average Bonchev–Trinajstić information content (AvgIpc) is 2.95. The maximum absolute atomic E-state index is 13.8. The summed E-state index contributed by atoms with van der Waals surface area (Å²) in [5, 5.41) is 0.331. The predicted molar refractivity (Wildman–Crippen MR) is 78.3 cm³/mol. The first-order chi connectivity index (χ1) is 10.6. The van der Waals surface area contributed by atoms with Crippen LogP contribution in [0.1, 0.15) is 16.8 Å². The summed E-state index contributed by atoms with van der Waals surface area (Å²) < 4.78 is 18.7. The molecule has 0 aliphatic carbocycles. The minimum absolute atomic E-state index is 0.0128. The molecule has 0 spiro atoms. The van der Waals surface area contributed by atoms with E-state index in [0.29, 0.717) is 44.2 Å². The van der Waals surface area contributed by atoms with Crippen LogP contribution in [0.25, 0.3) is 0 Å². The standard InChI is InChI=1S/C15H16ClFN2O3/c16-10-1-2-12(17)11(9-10)14(20)19-6-4-18(5-7-19)13-3-8-22-15(13)21/h1-2,9,13H,3-8H2. The van der Waals surface area contributed by atoms with Crippen LogP contribution in [0.4, 0.5) is 4.39 Å². The Morgan fingerprint density at radius 2 is 2.00 bits per heavy atom. The number of cyclic esters (lactones) is 1. The Balaban J connectivity index is 1.64. The van der Waals surface area contributed by atoms with Crippen molar-refractivity contribution in [2.45, 2.75) is 12.5 Å². The summed E-state index contributed by atoms with van der Waals surface area (Å²) in [6, 6.07) is 3.75. The topological polar surface area (TPSA) is 49.9 Å². The summed E-state index contributed by atoms with van der Waals surface area (Å²) >= 11 is 5.83. The van der Waals surface area contributed by atoms with Crippen LogP contribution >= 0.6 is 11.6 Å². The normalized spacial score (nSPS) is 22.7. The van der Waals surface area contributed by atoms with Crippen molar-refractivity contribution >= 4 is 23.5 Å². The molecule has 0 N–H and O–H groups in total. The molecule has 3 rings (SSSR count). The highest BCUT2D eigenvalue weighted by molar-refractivity contribution is 6.31. The zero-order valence-electron chi connectivity index (χ0n) is 11.9. The van der Waals surface area contributed by atoms with E-state index in [-0.39, 0.29) is 23.5 Å². The molecule has 7 heteroatoms. The number of rotatable bonds is 2. The Morgan fingerprint density at radius 3 is 2.64 bits per heavy atom. The molecule has 0 radical (unpaired) electrons. The molecule has 1 amide bonds. The lowest BCUT2D eigenvalue weighted by molar-refractivity contribution is -0.142. The third-order valence-electron chi connectivity index (χ3n) is 4.11. The Labute approximate surface area is 132 Å². The van der Waals surface area contributed by atoms with Gasteiger partial charge >= 0.3 is 5.97 Å². The number of ether oxygens (including phenoxy) is 1. The van der Waals surface area contributed by atoms with E-state index < -0.39 is 5.82 Å². The zero-order chi connectivity index (χ0) is 15.7. The number of esters is 1. The summed E-state index contributed by atoms with van der Waals surface area (Å²) in [6.45, 7) is 2.51. The Morgan fingerprint density at radius 1 is 1.27 bits per heavy atom. The third-order valence-corrected chi connectivity index (χ3v) is 4.34. The Bertz CT molecular complexity index is 602. The molecular formula is C15H16ClFN2O3. The summed E-state index contributed by atoms with van der Waals surface area (Å²) in [5.41, 5.74) is -0.0128. The van der Waals surface area contributed by atoms with Crippen LogP contribution in [0.15, 0.2) is 18.2 Å². The molecule has 0 saturated carbocycles. The van der Waals surface area contributed by atoms with Gasteiger partial charge in [0.15, 0.2) is 0 Å². The molecular weight excluding hydrogens is 311 g/mol. The fraction of sp³-hybridized carbons (Fsp3) is 0.467. The monoisotopic (exact) mass is 326 g/mol. The van der Waals surface area contributed by atoms with E-state index in [1.54, 1.807) is 4.90 Å². The van der Waals surface area contributed by atoms with Gasteiger partial charge in [0.05, 0.1) is 12.2 Å². The second-order valence-corrected chi connectivity index (χ2v) is 5.86. The second kappa shape index (κ2) is 6.22. The van der Waals surface area contributed by atoms with E-state index in [1.807, 2.05) is 4.90 Å². The van der Waals surface area contributed by atoms with Gasteiger partial charge in [-0.05, 0) is 18.2 Å². The van der Waals surface area contributed by atoms with Crippen LogP contribution in [0.5, 0.6) is 0 Å². The van der Waals surface area contributed by atoms with Gasteiger partial charge in [-0.15, -0.1) is 0 Å². The average molecular weight is 327 g/mol. The minimum Gasteiger partial charge on any atom is -0.464 e. The summed E-state index contributed by atoms with van der Waals surface area (Å²) in [5.74, 6) is -1.13. The van der Waals surface area contributed by atoms with Gasteiger partial charge in [0.2, 0.25) is 0 Å². The smallest absolute Gasteiger partial charge is 0.323 e. The van der Waals surface area contributed by atoms with Gasteiger partial charge in [-0.2, -0.15) is 0 Å². The highest BCUT2D eigenvalue weighted by atomic mass is 35.5. The lowest BCUT2D eigenvalue weighted by Crippen LogP contribution is -2.53. The molecule has 5 nitrogen and oxygen atoms in total. The molecule has 2 heterocycles. The molecule has 2 aliphatic rings. The van der Waals surface area contributed by atoms with Crippen LogP contribution < -0.4 is 0 Å². The molecule has 1 atom stereocenters. The SMILES string of the molecule is O=C1OCCC1N1CCN(C(=O)c2cc(Cl)ccc2F)CC1. The first-order valence-electron chi connectivity index (χ1n) is 7.21. The Kier molecular flexibility index (Phi) is 4.31. The number of carbonyl (C=O) groups excluding carboxylic acids is 2. The van der Waals surface area contributed by atoms with E-state index in [4.69, 9.17) is 16.3 Å². The largest absolute Gasteiger partial charge is 0.464 e. The summed E-state index contributed by atoms with van der Waals surface area (Å²) in [7, 11) is 0. The predicted octanol–water partition coefficient (Wildman–Crippen LogP) is 1.55. The number of carbonyl (C=O) groups is 2. The number of amides is 1. The van der Waals surface area contributed by atoms with Crippen LogP contribution in [-0.2, 0) is 9.53 Å². The van der Waals surface area contributed by atoms with E-state index in [2.05, 4.69) is 0 Å². The lowest BCUT2D eigenvalue weighted by Gasteiger charge is -2.36. The third kappa shape index (κ3) is 2.94. The van der Waals surface area contributed by atoms with E-state index in [9.17, 15) is 14.0 Å². The van der Waals surface area contributed by atoms with Gasteiger partial charge in [-0.3, -0.25) is 14.5 Å². The molecule has 0 bridgehead atoms. The van der Waals surface area contributed by atoms with Crippen molar-refractivity contribution in [3.05, 3.63) is 34.6 Å². The molecule has 1 aromatic rings. The van der Waals surface area contributed by atoms with Crippen molar-refractivity contribution in [3.63, 3.8) is 0 Å². The molecule has 118 valence electrons. The highest BCUT2D eigenvalue weighted by Gasteiger charge is 2.35. The highest BCUT2D eigenvalue weighted by Crippen LogP contribution is 2.20. The molecule has 1 unspecified atom stereocenters. The number of hydrogen-bond donors (Lipinski definition) is 0. The van der Waals surface area contributed by atoms with Crippen LogP contribution in [-0.4, -0.2) is 60.5 Å². The number of hydrogen-bond acceptors (Lipinski definition) is 4. The molecule has 1 aromatic carbocycles. The maximum Gasteiger partial charge on any atom is 0.323 e. The van der Waals surface area contributed by atoms with E-state index in [0.717, 1.165) is 0 Å². The molecule has 2 saturated heterocycles. The molecule has 0 aromatic heterocycles. The molecule has 22 heavy (non-hydrogen) atoms. The number of piperazine rings is 1. The van der Waals surface area contributed by atoms with Crippen molar-refractivity contribution < 1.29 is 18.7 Å². The van der Waals surface area contributed by atoms with E-state index in [1.165, 1.54) is 18.2 Å². The maximum atomic E-state index is 13.8. The second-order valence-electron chi connectivity index (χ2n) is 5.42. The zero-order valence-corrected chi connectivity index (χ0v) is 12.7. The van der Waals surface area contributed by atoms with Crippen molar-refractivity contribution in [3.8, 4) is 0 Å². The van der Waals surface area contributed by atoms with Gasteiger partial charge in [-0.25, -0.2) is 4.39 Å². The van der Waals surface area contributed by atoms with Gasteiger partial charge in [-0.1, -0.05) is 11.6 Å². The van der Waals surface area contributed by atoms with Gasteiger partial charge < -0.3 is 9.64 Å². The Hall–Kier alpha value is -1.66. The van der Waals surface area contributed by atoms with Crippen molar-refractivity contribution in [2.75, 3.05) is 32.8 Å². The number of halogens is 2. The minimum atomic E-state index is -0.573. The lowest BCUT2D eigenvalue weighted by atomic mass is 10.1. The molecule has 2 aliphatic heterocycles. The van der Waals surface area contributed by atoms with Crippen molar-refractivity contribution in [1.29, 1.82) is 0 Å². The van der Waals surface area contributed by atoms with Crippen LogP contribution in [0.2, 0.25) is 5.02 Å². The fourth-order valence-corrected chi connectivity index (χ4v) is 3.06. The van der Waals surface area contributed by atoms with Crippen molar-refractivity contribution in [2.24, 2.45) is 0 Å². The van der Waals surface area contributed by atoms with Crippen molar-refractivity contribution in [1.82, 2.24) is 9.80 Å². The van der Waals surface area contributed by atoms with Gasteiger partial charge in [0.1, 0.15) is 11.9 Å². The molecule has 2 fully saturated rings. The summed E-state index contributed by atoms with van der Waals surface area (Å²) in [4.78, 5) is 27.6. The van der Waals surface area contributed by atoms with Gasteiger partial charge in [0, 0.05) is 37.6 Å². The van der Waals surface area contributed by atoms with Gasteiger partial charge in [0.25, 0.3) is 5.91 Å². The van der Waals surface area contributed by atoms with Crippen LogP contribution in [0.3, 0.4) is 0 Å². The van der Waals surface area contributed by atoms with Crippen LogP contribution in [0, 0.1) is 5.82 Å². The number of benzene rings is 1. The first-order valence-corrected chi connectivity index (χ1v) is 7.59. The van der Waals surface area contributed by atoms with E-state index >= 15 is 0 Å². The number of nitrogens with zero attached hydrogens (tertiary/aromatic N) is 2. The first kappa shape index (κ1) is 15.2.